The number of nitrogens with zero attached hydrogens (tertiary/aromatic N) is 1. The SMILES string of the molecule is CN=C(N)SCCCOc1ccc2c(c1)OCO2.Cl. The van der Waals surface area contributed by atoms with E-state index in [2.05, 4.69) is 4.99 Å². The van der Waals surface area contributed by atoms with Gasteiger partial charge in [0.2, 0.25) is 6.79 Å². The van der Waals surface area contributed by atoms with Crippen LogP contribution in [-0.2, 0) is 0 Å². The van der Waals surface area contributed by atoms with Crippen LogP contribution in [0.5, 0.6) is 17.2 Å². The van der Waals surface area contributed by atoms with Gasteiger partial charge in [-0.3, -0.25) is 4.99 Å². The summed E-state index contributed by atoms with van der Waals surface area (Å²) in [7, 11) is 1.69. The molecule has 0 unspecified atom stereocenters. The number of fused-ring (bicyclic) bond motifs is 1. The Hall–Kier alpha value is -1.27. The summed E-state index contributed by atoms with van der Waals surface area (Å²) < 4.78 is 16.1. The molecule has 0 amide bonds. The number of rotatable bonds is 5. The number of hydrogen-bond donors (Lipinski definition) is 1. The molecular weight excluding hydrogens is 288 g/mol. The third kappa shape index (κ3) is 4.72. The maximum absolute atomic E-state index is 5.62. The molecule has 0 aliphatic carbocycles. The summed E-state index contributed by atoms with van der Waals surface area (Å²) in [6.07, 6.45) is 0.912. The number of halogens is 1. The molecule has 1 aromatic carbocycles. The van der Waals surface area contributed by atoms with Crippen molar-refractivity contribution in [2.45, 2.75) is 6.42 Å². The Morgan fingerprint density at radius 2 is 2.21 bits per heavy atom. The molecule has 2 N–H and O–H groups in total. The molecule has 0 spiro atoms. The normalized spacial score (nSPS) is 13.0. The fourth-order valence-electron chi connectivity index (χ4n) is 1.46. The van der Waals surface area contributed by atoms with Gasteiger partial charge >= 0.3 is 0 Å². The number of amidine groups is 1. The fourth-order valence-corrected chi connectivity index (χ4v) is 2.06. The van der Waals surface area contributed by atoms with Gasteiger partial charge < -0.3 is 19.9 Å². The van der Waals surface area contributed by atoms with Crippen molar-refractivity contribution >= 4 is 29.3 Å². The Labute approximate surface area is 122 Å². The molecule has 0 saturated heterocycles. The second-order valence-electron chi connectivity index (χ2n) is 3.63. The average Bonchev–Trinajstić information content (AvgIpc) is 2.85. The van der Waals surface area contributed by atoms with E-state index in [1.807, 2.05) is 18.2 Å². The van der Waals surface area contributed by atoms with Gasteiger partial charge in [-0.15, -0.1) is 12.4 Å². The van der Waals surface area contributed by atoms with Crippen LogP contribution in [-0.4, -0.2) is 31.4 Å². The molecule has 106 valence electrons. The first kappa shape index (κ1) is 15.8. The van der Waals surface area contributed by atoms with E-state index >= 15 is 0 Å². The molecule has 0 atom stereocenters. The van der Waals surface area contributed by atoms with Crippen LogP contribution in [0.15, 0.2) is 23.2 Å². The van der Waals surface area contributed by atoms with Crippen LogP contribution in [0.2, 0.25) is 0 Å². The van der Waals surface area contributed by atoms with Crippen molar-refractivity contribution in [2.75, 3.05) is 26.2 Å². The standard InChI is InChI=1S/C12H16N2O3S.ClH/c1-14-12(13)18-6-2-5-15-9-3-4-10-11(7-9)17-8-16-10;/h3-4,7H,2,5-6,8H2,1H3,(H2,13,14);1H. The van der Waals surface area contributed by atoms with Crippen LogP contribution in [0.3, 0.4) is 0 Å². The van der Waals surface area contributed by atoms with E-state index in [0.717, 1.165) is 29.4 Å². The maximum Gasteiger partial charge on any atom is 0.231 e. The average molecular weight is 305 g/mol. The molecular formula is C12H17ClN2O3S. The van der Waals surface area contributed by atoms with Crippen molar-refractivity contribution in [3.05, 3.63) is 18.2 Å². The zero-order chi connectivity index (χ0) is 12.8. The zero-order valence-corrected chi connectivity index (χ0v) is 12.3. The van der Waals surface area contributed by atoms with Crippen molar-refractivity contribution in [3.63, 3.8) is 0 Å². The lowest BCUT2D eigenvalue weighted by molar-refractivity contribution is 0.173. The molecule has 19 heavy (non-hydrogen) atoms. The predicted octanol–water partition coefficient (Wildman–Crippen LogP) is 2.28. The molecule has 1 aliphatic heterocycles. The predicted molar refractivity (Wildman–Crippen MR) is 79.9 cm³/mol. The second kappa shape index (κ2) is 8.01. The molecule has 1 aromatic rings. The molecule has 0 bridgehead atoms. The van der Waals surface area contributed by atoms with Crippen LogP contribution in [0.25, 0.3) is 0 Å². The van der Waals surface area contributed by atoms with E-state index in [1.165, 1.54) is 11.8 Å². The molecule has 2 rings (SSSR count). The summed E-state index contributed by atoms with van der Waals surface area (Å²) in [5.41, 5.74) is 5.57. The van der Waals surface area contributed by atoms with Gasteiger partial charge in [-0.05, 0) is 18.6 Å². The number of benzene rings is 1. The third-order valence-electron chi connectivity index (χ3n) is 2.37. The molecule has 0 radical (unpaired) electrons. The molecule has 1 heterocycles. The monoisotopic (exact) mass is 304 g/mol. The first-order chi connectivity index (χ1) is 8.79. The maximum atomic E-state index is 5.62. The summed E-state index contributed by atoms with van der Waals surface area (Å²) in [4.78, 5) is 3.87. The van der Waals surface area contributed by atoms with Crippen LogP contribution >= 0.6 is 24.2 Å². The van der Waals surface area contributed by atoms with Crippen LogP contribution < -0.4 is 19.9 Å². The molecule has 0 saturated carbocycles. The smallest absolute Gasteiger partial charge is 0.231 e. The summed E-state index contributed by atoms with van der Waals surface area (Å²) in [6, 6.07) is 5.58. The summed E-state index contributed by atoms with van der Waals surface area (Å²) in [6.45, 7) is 0.925. The zero-order valence-electron chi connectivity index (χ0n) is 10.6. The quantitative estimate of drug-likeness (QED) is 0.513. The topological polar surface area (TPSA) is 66.1 Å². The Bertz CT molecular complexity index is 443. The number of ether oxygens (including phenoxy) is 3. The van der Waals surface area contributed by atoms with Crippen molar-refractivity contribution in [3.8, 4) is 17.2 Å². The largest absolute Gasteiger partial charge is 0.493 e. The molecule has 0 aromatic heterocycles. The minimum atomic E-state index is 0. The van der Waals surface area contributed by atoms with Gasteiger partial charge in [-0.2, -0.15) is 0 Å². The number of hydrogen-bond acceptors (Lipinski definition) is 5. The highest BCUT2D eigenvalue weighted by atomic mass is 35.5. The van der Waals surface area contributed by atoms with Crippen LogP contribution in [0.1, 0.15) is 6.42 Å². The summed E-state index contributed by atoms with van der Waals surface area (Å²) >= 11 is 1.53. The Morgan fingerprint density at radius 3 is 3.00 bits per heavy atom. The van der Waals surface area contributed by atoms with E-state index in [1.54, 1.807) is 7.05 Å². The lowest BCUT2D eigenvalue weighted by Gasteiger charge is -2.06. The lowest BCUT2D eigenvalue weighted by Crippen LogP contribution is -2.08. The Kier molecular flexibility index (Phi) is 6.66. The Balaban J connectivity index is 0.00000180. The first-order valence-corrected chi connectivity index (χ1v) is 6.65. The van der Waals surface area contributed by atoms with Gasteiger partial charge in [0.05, 0.1) is 6.61 Å². The van der Waals surface area contributed by atoms with E-state index < -0.39 is 0 Å². The van der Waals surface area contributed by atoms with E-state index in [0.29, 0.717) is 11.8 Å². The van der Waals surface area contributed by atoms with Gasteiger partial charge in [-0.1, -0.05) is 11.8 Å². The van der Waals surface area contributed by atoms with Gasteiger partial charge in [0, 0.05) is 18.9 Å². The van der Waals surface area contributed by atoms with Gasteiger partial charge in [0.25, 0.3) is 0 Å². The first-order valence-electron chi connectivity index (χ1n) is 5.67. The highest BCUT2D eigenvalue weighted by Gasteiger charge is 2.13. The Morgan fingerprint density at radius 1 is 1.42 bits per heavy atom. The fraction of sp³-hybridized carbons (Fsp3) is 0.417. The highest BCUT2D eigenvalue weighted by Crippen LogP contribution is 2.35. The van der Waals surface area contributed by atoms with Gasteiger partial charge in [0.1, 0.15) is 5.75 Å². The summed E-state index contributed by atoms with van der Waals surface area (Å²) in [5.74, 6) is 3.20. The van der Waals surface area contributed by atoms with E-state index in [9.17, 15) is 0 Å². The number of aliphatic imine (C=N–C) groups is 1. The highest BCUT2D eigenvalue weighted by molar-refractivity contribution is 8.13. The van der Waals surface area contributed by atoms with Crippen molar-refractivity contribution < 1.29 is 14.2 Å². The second-order valence-corrected chi connectivity index (χ2v) is 4.74. The van der Waals surface area contributed by atoms with Crippen molar-refractivity contribution in [2.24, 2.45) is 10.7 Å². The van der Waals surface area contributed by atoms with Crippen LogP contribution in [0.4, 0.5) is 0 Å². The van der Waals surface area contributed by atoms with Crippen LogP contribution in [0, 0.1) is 0 Å². The third-order valence-corrected chi connectivity index (χ3v) is 3.34. The molecule has 0 fully saturated rings. The van der Waals surface area contributed by atoms with Crippen molar-refractivity contribution in [1.82, 2.24) is 0 Å². The minimum Gasteiger partial charge on any atom is -0.493 e. The van der Waals surface area contributed by atoms with Gasteiger partial charge in [0.15, 0.2) is 16.7 Å². The number of thioether (sulfide) groups is 1. The lowest BCUT2D eigenvalue weighted by atomic mass is 10.3. The van der Waals surface area contributed by atoms with Crippen molar-refractivity contribution in [1.29, 1.82) is 0 Å². The molecule has 7 heteroatoms. The molecule has 1 aliphatic rings. The summed E-state index contributed by atoms with van der Waals surface area (Å²) in [5, 5.41) is 0.609. The van der Waals surface area contributed by atoms with E-state index in [4.69, 9.17) is 19.9 Å². The van der Waals surface area contributed by atoms with E-state index in [-0.39, 0.29) is 19.2 Å². The number of nitrogens with two attached hydrogens (primary N) is 1. The molecule has 5 nitrogen and oxygen atoms in total. The minimum absolute atomic E-state index is 0. The van der Waals surface area contributed by atoms with Gasteiger partial charge in [-0.25, -0.2) is 0 Å².